The molecular weight excluding hydrogens is 258 g/mol. The summed E-state index contributed by atoms with van der Waals surface area (Å²) in [5.41, 5.74) is 5.71. The summed E-state index contributed by atoms with van der Waals surface area (Å²) in [5, 5.41) is 10.8. The molecule has 0 saturated carbocycles. The van der Waals surface area contributed by atoms with E-state index in [0.29, 0.717) is 0 Å². The first-order valence-corrected chi connectivity index (χ1v) is 6.42. The Morgan fingerprint density at radius 2 is 2.28 bits per heavy atom. The first kappa shape index (κ1) is 12.4. The number of nitrogens with zero attached hydrogens (tertiary/aromatic N) is 5. The van der Waals surface area contributed by atoms with Gasteiger partial charge in [-0.25, -0.2) is 13.1 Å². The average molecular weight is 269 g/mol. The first-order valence-electron chi connectivity index (χ1n) is 4.93. The van der Waals surface area contributed by atoms with Gasteiger partial charge < -0.3 is 5.73 Å². The van der Waals surface area contributed by atoms with E-state index >= 15 is 0 Å². The predicted molar refractivity (Wildman–Crippen MR) is 61.7 cm³/mol. The summed E-state index contributed by atoms with van der Waals surface area (Å²) in [5.74, 6) is -0.107. The van der Waals surface area contributed by atoms with Crippen LogP contribution in [0.4, 0.5) is 5.95 Å². The third-order valence-electron chi connectivity index (χ3n) is 2.07. The summed E-state index contributed by atoms with van der Waals surface area (Å²) in [6, 6.07) is 2.92. The number of aromatic nitrogens is 5. The van der Waals surface area contributed by atoms with Crippen LogP contribution in [-0.2, 0) is 23.6 Å². The van der Waals surface area contributed by atoms with Gasteiger partial charge in [-0.2, -0.15) is 4.80 Å². The maximum absolute atomic E-state index is 12.1. The van der Waals surface area contributed by atoms with Gasteiger partial charge in [0.15, 0.2) is 0 Å². The van der Waals surface area contributed by atoms with Crippen LogP contribution in [0.5, 0.6) is 0 Å². The molecule has 2 heterocycles. The van der Waals surface area contributed by atoms with Crippen molar-refractivity contribution < 1.29 is 8.42 Å². The van der Waals surface area contributed by atoms with E-state index in [1.165, 1.54) is 25.4 Å². The molecule has 0 aliphatic heterocycles. The Morgan fingerprint density at radius 3 is 2.89 bits per heavy atom. The Balaban J connectivity index is 2.36. The fourth-order valence-corrected chi connectivity index (χ4v) is 2.46. The van der Waals surface area contributed by atoms with Crippen molar-refractivity contribution in [3.05, 3.63) is 24.0 Å². The molecule has 2 aromatic rings. The van der Waals surface area contributed by atoms with Crippen LogP contribution in [-0.4, -0.2) is 33.6 Å². The lowest BCUT2D eigenvalue weighted by molar-refractivity contribution is 0.598. The molecular formula is C8H11N7O2S. The summed E-state index contributed by atoms with van der Waals surface area (Å²) in [6.07, 6.45) is 1.47. The molecule has 0 aliphatic rings. The summed E-state index contributed by atoms with van der Waals surface area (Å²) >= 11 is 0. The van der Waals surface area contributed by atoms with Crippen LogP contribution in [0, 0.1) is 0 Å². The van der Waals surface area contributed by atoms with Gasteiger partial charge in [-0.05, 0) is 17.3 Å². The van der Waals surface area contributed by atoms with Gasteiger partial charge in [0.1, 0.15) is 4.90 Å². The van der Waals surface area contributed by atoms with Gasteiger partial charge in [-0.1, -0.05) is 5.10 Å². The SMILES string of the molecule is Cn1nnc(NS(=O)(=O)c2cccnc2CN)n1. The highest BCUT2D eigenvalue weighted by atomic mass is 32.2. The number of sulfonamides is 1. The zero-order chi connectivity index (χ0) is 13.2. The minimum atomic E-state index is -3.81. The maximum Gasteiger partial charge on any atom is 0.277 e. The van der Waals surface area contributed by atoms with Crippen LogP contribution in [0.15, 0.2) is 23.2 Å². The van der Waals surface area contributed by atoms with Crippen LogP contribution < -0.4 is 10.5 Å². The summed E-state index contributed by atoms with van der Waals surface area (Å²) in [7, 11) is -2.29. The smallest absolute Gasteiger partial charge is 0.277 e. The van der Waals surface area contributed by atoms with E-state index in [9.17, 15) is 8.42 Å². The second kappa shape index (κ2) is 4.66. The van der Waals surface area contributed by atoms with E-state index in [2.05, 4.69) is 25.1 Å². The summed E-state index contributed by atoms with van der Waals surface area (Å²) in [4.78, 5) is 5.05. The third kappa shape index (κ3) is 2.43. The first-order chi connectivity index (χ1) is 8.53. The van der Waals surface area contributed by atoms with Crippen LogP contribution >= 0.6 is 0 Å². The molecule has 3 N–H and O–H groups in total. The number of nitrogens with two attached hydrogens (primary N) is 1. The van der Waals surface area contributed by atoms with Gasteiger partial charge in [-0.3, -0.25) is 4.98 Å². The van der Waals surface area contributed by atoms with Crippen molar-refractivity contribution in [3.63, 3.8) is 0 Å². The Morgan fingerprint density at radius 1 is 1.50 bits per heavy atom. The van der Waals surface area contributed by atoms with E-state index in [1.54, 1.807) is 0 Å². The molecule has 0 atom stereocenters. The van der Waals surface area contributed by atoms with Crippen LogP contribution in [0.25, 0.3) is 0 Å². The molecule has 0 spiro atoms. The lowest BCUT2D eigenvalue weighted by Gasteiger charge is -2.07. The highest BCUT2D eigenvalue weighted by molar-refractivity contribution is 7.92. The van der Waals surface area contributed by atoms with Gasteiger partial charge >= 0.3 is 0 Å². The molecule has 0 saturated heterocycles. The van der Waals surface area contributed by atoms with E-state index in [4.69, 9.17) is 5.73 Å². The quantitative estimate of drug-likeness (QED) is 0.718. The van der Waals surface area contributed by atoms with Crippen LogP contribution in [0.2, 0.25) is 0 Å². The molecule has 0 fully saturated rings. The number of tetrazole rings is 1. The lowest BCUT2D eigenvalue weighted by atomic mass is 10.3. The van der Waals surface area contributed by atoms with Gasteiger partial charge in [0, 0.05) is 12.7 Å². The van der Waals surface area contributed by atoms with Gasteiger partial charge in [0.05, 0.1) is 12.7 Å². The Kier molecular flexibility index (Phi) is 3.21. The van der Waals surface area contributed by atoms with Crippen molar-refractivity contribution in [3.8, 4) is 0 Å². The lowest BCUT2D eigenvalue weighted by Crippen LogP contribution is -2.18. The second-order valence-corrected chi connectivity index (χ2v) is 5.01. The standard InChI is InChI=1S/C8H11N7O2S/c1-15-12-8(11-14-15)13-18(16,17)7-3-2-4-10-6(7)5-9/h2-4H,5,9H2,1H3,(H,12,13). The number of hydrogen-bond donors (Lipinski definition) is 2. The highest BCUT2D eigenvalue weighted by Gasteiger charge is 2.20. The molecule has 0 aliphatic carbocycles. The molecule has 0 amide bonds. The molecule has 0 bridgehead atoms. The third-order valence-corrected chi connectivity index (χ3v) is 3.47. The molecule has 0 radical (unpaired) electrons. The fraction of sp³-hybridized carbons (Fsp3) is 0.250. The zero-order valence-corrected chi connectivity index (χ0v) is 10.3. The second-order valence-electron chi connectivity index (χ2n) is 3.36. The number of nitrogens with one attached hydrogen (secondary N) is 1. The van der Waals surface area contributed by atoms with Gasteiger partial charge in [0.2, 0.25) is 0 Å². The van der Waals surface area contributed by atoms with Crippen LogP contribution in [0.3, 0.4) is 0 Å². The average Bonchev–Trinajstić information content (AvgIpc) is 2.74. The zero-order valence-electron chi connectivity index (χ0n) is 9.48. The largest absolute Gasteiger partial charge is 0.325 e. The molecule has 0 aromatic carbocycles. The Hall–Kier alpha value is -2.07. The minimum absolute atomic E-state index is 0.0000435. The Labute approximate surface area is 103 Å². The topological polar surface area (TPSA) is 129 Å². The molecule has 2 rings (SSSR count). The molecule has 18 heavy (non-hydrogen) atoms. The number of hydrogen-bond acceptors (Lipinski definition) is 7. The van der Waals surface area contributed by atoms with Crippen LogP contribution in [0.1, 0.15) is 5.69 Å². The molecule has 0 unspecified atom stereocenters. The normalized spacial score (nSPS) is 11.4. The molecule has 2 aromatic heterocycles. The number of rotatable bonds is 4. The predicted octanol–water partition coefficient (Wildman–Crippen LogP) is -1.14. The summed E-state index contributed by atoms with van der Waals surface area (Å²) in [6.45, 7) is 0.0188. The van der Waals surface area contributed by atoms with Gasteiger partial charge in [0.25, 0.3) is 16.0 Å². The van der Waals surface area contributed by atoms with Crippen molar-refractivity contribution in [2.75, 3.05) is 4.72 Å². The molecule has 9 nitrogen and oxygen atoms in total. The molecule has 96 valence electrons. The minimum Gasteiger partial charge on any atom is -0.325 e. The van der Waals surface area contributed by atoms with E-state index in [-0.39, 0.29) is 23.1 Å². The van der Waals surface area contributed by atoms with Crippen molar-refractivity contribution in [1.29, 1.82) is 0 Å². The number of aryl methyl sites for hydroxylation is 1. The van der Waals surface area contributed by atoms with E-state index in [0.717, 1.165) is 4.80 Å². The van der Waals surface area contributed by atoms with Crippen molar-refractivity contribution >= 4 is 16.0 Å². The van der Waals surface area contributed by atoms with Crippen molar-refractivity contribution in [2.24, 2.45) is 12.8 Å². The summed E-state index contributed by atoms with van der Waals surface area (Å²) < 4.78 is 26.3. The van der Waals surface area contributed by atoms with Gasteiger partial charge in [-0.15, -0.1) is 5.10 Å². The Bertz CT molecular complexity index is 651. The van der Waals surface area contributed by atoms with Crippen molar-refractivity contribution in [2.45, 2.75) is 11.4 Å². The molecule has 10 heteroatoms. The van der Waals surface area contributed by atoms with Crippen molar-refractivity contribution in [1.82, 2.24) is 25.2 Å². The van der Waals surface area contributed by atoms with E-state index in [1.807, 2.05) is 0 Å². The number of pyridine rings is 1. The highest BCUT2D eigenvalue weighted by Crippen LogP contribution is 2.15. The monoisotopic (exact) mass is 269 g/mol. The van der Waals surface area contributed by atoms with E-state index < -0.39 is 10.0 Å². The number of anilines is 1. The fourth-order valence-electron chi connectivity index (χ4n) is 1.32. The maximum atomic E-state index is 12.1.